The highest BCUT2D eigenvalue weighted by Gasteiger charge is 2.08. The van der Waals surface area contributed by atoms with Crippen molar-refractivity contribution in [3.8, 4) is 0 Å². The van der Waals surface area contributed by atoms with Gasteiger partial charge in [0.05, 0.1) is 10.6 Å². The first-order chi connectivity index (χ1) is 9.15. The van der Waals surface area contributed by atoms with E-state index in [0.717, 1.165) is 0 Å². The van der Waals surface area contributed by atoms with E-state index in [1.807, 2.05) is 0 Å². The monoisotopic (exact) mass is 283 g/mol. The minimum absolute atomic E-state index is 0.0579. The van der Waals surface area contributed by atoms with Crippen molar-refractivity contribution in [3.05, 3.63) is 34.9 Å². The predicted octanol–water partition coefficient (Wildman–Crippen LogP) is 0.925. The summed E-state index contributed by atoms with van der Waals surface area (Å²) in [5, 5.41) is 5.79. The quantitative estimate of drug-likeness (QED) is 0.651. The molecule has 1 aromatic carbocycles. The average molecular weight is 284 g/mol. The molecule has 5 nitrogen and oxygen atoms in total. The van der Waals surface area contributed by atoms with Crippen LogP contribution >= 0.6 is 11.6 Å². The third-order valence-electron chi connectivity index (χ3n) is 2.46. The topological polar surface area (TPSA) is 84.2 Å². The van der Waals surface area contributed by atoms with Crippen molar-refractivity contribution in [2.45, 2.75) is 12.8 Å². The fraction of sp³-hybridized carbons (Fsp3) is 0.385. The van der Waals surface area contributed by atoms with Crippen molar-refractivity contribution in [1.29, 1.82) is 0 Å². The summed E-state index contributed by atoms with van der Waals surface area (Å²) in [5.74, 6) is -0.306. The molecular weight excluding hydrogens is 266 g/mol. The zero-order valence-corrected chi connectivity index (χ0v) is 11.4. The lowest BCUT2D eigenvalue weighted by Gasteiger charge is -2.07. The molecule has 0 aromatic heterocycles. The number of amides is 2. The molecule has 2 amide bonds. The number of halogens is 1. The molecule has 0 atom stereocenters. The van der Waals surface area contributed by atoms with Crippen LogP contribution in [0.1, 0.15) is 23.2 Å². The Morgan fingerprint density at radius 2 is 1.84 bits per heavy atom. The Kier molecular flexibility index (Phi) is 6.92. The molecule has 0 saturated heterocycles. The zero-order chi connectivity index (χ0) is 14.1. The Morgan fingerprint density at radius 1 is 1.16 bits per heavy atom. The molecule has 0 aliphatic heterocycles. The third-order valence-corrected chi connectivity index (χ3v) is 2.79. The van der Waals surface area contributed by atoms with Crippen LogP contribution in [-0.4, -0.2) is 31.4 Å². The zero-order valence-electron chi connectivity index (χ0n) is 10.6. The minimum Gasteiger partial charge on any atom is -0.354 e. The largest absolute Gasteiger partial charge is 0.354 e. The van der Waals surface area contributed by atoms with E-state index in [9.17, 15) is 9.59 Å². The maximum Gasteiger partial charge on any atom is 0.252 e. The Hall–Kier alpha value is -1.59. The second-order valence-electron chi connectivity index (χ2n) is 3.98. The van der Waals surface area contributed by atoms with E-state index in [0.29, 0.717) is 43.1 Å². The molecule has 0 saturated carbocycles. The van der Waals surface area contributed by atoms with Gasteiger partial charge < -0.3 is 16.4 Å². The molecule has 0 radical (unpaired) electrons. The predicted molar refractivity (Wildman–Crippen MR) is 75.1 cm³/mol. The number of rotatable bonds is 7. The number of nitrogens with two attached hydrogens (primary N) is 1. The second-order valence-corrected chi connectivity index (χ2v) is 4.39. The van der Waals surface area contributed by atoms with Crippen molar-refractivity contribution in [2.75, 3.05) is 19.6 Å². The summed E-state index contributed by atoms with van der Waals surface area (Å²) in [7, 11) is 0. The molecular formula is C13H18ClN3O2. The fourth-order valence-corrected chi connectivity index (χ4v) is 1.69. The molecule has 0 unspecified atom stereocenters. The molecule has 1 aromatic rings. The third kappa shape index (κ3) is 5.72. The highest BCUT2D eigenvalue weighted by atomic mass is 35.5. The Bertz CT molecular complexity index is 438. The number of hydrogen-bond donors (Lipinski definition) is 3. The lowest BCUT2D eigenvalue weighted by Crippen LogP contribution is -2.34. The van der Waals surface area contributed by atoms with Gasteiger partial charge in [0, 0.05) is 19.5 Å². The van der Waals surface area contributed by atoms with Gasteiger partial charge in [-0.05, 0) is 25.1 Å². The van der Waals surface area contributed by atoms with Gasteiger partial charge in [-0.3, -0.25) is 9.59 Å². The number of hydrogen-bond acceptors (Lipinski definition) is 3. The first kappa shape index (κ1) is 15.5. The molecule has 0 spiro atoms. The van der Waals surface area contributed by atoms with Gasteiger partial charge in [0.15, 0.2) is 0 Å². The number of carbonyl (C=O) groups excluding carboxylic acids is 2. The smallest absolute Gasteiger partial charge is 0.252 e. The van der Waals surface area contributed by atoms with E-state index in [1.54, 1.807) is 24.3 Å². The standard InChI is InChI=1S/C13H18ClN3O2/c14-11-5-2-1-4-10(11)13(19)17-9-8-16-12(18)6-3-7-15/h1-2,4-5H,3,6-9,15H2,(H,16,18)(H,17,19). The van der Waals surface area contributed by atoms with Gasteiger partial charge in [-0.25, -0.2) is 0 Å². The molecule has 19 heavy (non-hydrogen) atoms. The fourth-order valence-electron chi connectivity index (χ4n) is 1.47. The van der Waals surface area contributed by atoms with Crippen LogP contribution in [0.3, 0.4) is 0 Å². The van der Waals surface area contributed by atoms with Gasteiger partial charge in [-0.1, -0.05) is 23.7 Å². The lowest BCUT2D eigenvalue weighted by molar-refractivity contribution is -0.121. The van der Waals surface area contributed by atoms with Crippen LogP contribution < -0.4 is 16.4 Å². The molecule has 1 rings (SSSR count). The average Bonchev–Trinajstić information content (AvgIpc) is 2.41. The lowest BCUT2D eigenvalue weighted by atomic mass is 10.2. The van der Waals surface area contributed by atoms with Gasteiger partial charge in [0.1, 0.15) is 0 Å². The molecule has 0 aliphatic carbocycles. The summed E-state index contributed by atoms with van der Waals surface area (Å²) < 4.78 is 0. The minimum atomic E-state index is -0.248. The van der Waals surface area contributed by atoms with Gasteiger partial charge in [-0.2, -0.15) is 0 Å². The molecule has 0 heterocycles. The maximum absolute atomic E-state index is 11.8. The first-order valence-corrected chi connectivity index (χ1v) is 6.52. The SMILES string of the molecule is NCCCC(=O)NCCNC(=O)c1ccccc1Cl. The molecule has 104 valence electrons. The summed E-state index contributed by atoms with van der Waals surface area (Å²) >= 11 is 5.90. The van der Waals surface area contributed by atoms with Crippen molar-refractivity contribution in [2.24, 2.45) is 5.73 Å². The van der Waals surface area contributed by atoms with Crippen LogP contribution in [0.25, 0.3) is 0 Å². The van der Waals surface area contributed by atoms with E-state index in [1.165, 1.54) is 0 Å². The summed E-state index contributed by atoms with van der Waals surface area (Å²) in [6.07, 6.45) is 1.08. The van der Waals surface area contributed by atoms with Crippen LogP contribution in [-0.2, 0) is 4.79 Å². The number of carbonyl (C=O) groups is 2. The molecule has 0 fully saturated rings. The Balaban J connectivity index is 2.25. The van der Waals surface area contributed by atoms with E-state index in [4.69, 9.17) is 17.3 Å². The van der Waals surface area contributed by atoms with Crippen molar-refractivity contribution >= 4 is 23.4 Å². The van der Waals surface area contributed by atoms with Crippen LogP contribution in [0.15, 0.2) is 24.3 Å². The van der Waals surface area contributed by atoms with E-state index in [-0.39, 0.29) is 11.8 Å². The van der Waals surface area contributed by atoms with E-state index >= 15 is 0 Å². The number of benzene rings is 1. The number of nitrogens with one attached hydrogen (secondary N) is 2. The van der Waals surface area contributed by atoms with Gasteiger partial charge in [-0.15, -0.1) is 0 Å². The summed E-state index contributed by atoms with van der Waals surface area (Å²) in [4.78, 5) is 23.0. The molecule has 0 bridgehead atoms. The van der Waals surface area contributed by atoms with Crippen molar-refractivity contribution in [3.63, 3.8) is 0 Å². The summed E-state index contributed by atoms with van der Waals surface area (Å²) in [6, 6.07) is 6.81. The van der Waals surface area contributed by atoms with E-state index < -0.39 is 0 Å². The maximum atomic E-state index is 11.8. The van der Waals surface area contributed by atoms with Crippen LogP contribution in [0.5, 0.6) is 0 Å². The van der Waals surface area contributed by atoms with Crippen LogP contribution in [0, 0.1) is 0 Å². The van der Waals surface area contributed by atoms with Crippen molar-refractivity contribution in [1.82, 2.24) is 10.6 Å². The van der Waals surface area contributed by atoms with Crippen LogP contribution in [0.2, 0.25) is 5.02 Å². The van der Waals surface area contributed by atoms with Crippen molar-refractivity contribution < 1.29 is 9.59 Å². The highest BCUT2D eigenvalue weighted by molar-refractivity contribution is 6.33. The first-order valence-electron chi connectivity index (χ1n) is 6.14. The normalized spacial score (nSPS) is 10.0. The molecule has 6 heteroatoms. The second kappa shape index (κ2) is 8.50. The summed E-state index contributed by atoms with van der Waals surface area (Å²) in [5.41, 5.74) is 5.73. The van der Waals surface area contributed by atoms with Gasteiger partial charge in [0.2, 0.25) is 5.91 Å². The molecule has 0 aliphatic rings. The Morgan fingerprint density at radius 3 is 2.53 bits per heavy atom. The summed E-state index contributed by atoms with van der Waals surface area (Å²) in [6.45, 7) is 1.24. The van der Waals surface area contributed by atoms with Gasteiger partial charge >= 0.3 is 0 Å². The van der Waals surface area contributed by atoms with Crippen LogP contribution in [0.4, 0.5) is 0 Å². The molecule has 4 N–H and O–H groups in total. The van der Waals surface area contributed by atoms with E-state index in [2.05, 4.69) is 10.6 Å². The van der Waals surface area contributed by atoms with Gasteiger partial charge in [0.25, 0.3) is 5.91 Å². The highest BCUT2D eigenvalue weighted by Crippen LogP contribution is 2.14. The Labute approximate surface area is 117 Å².